The smallest absolute Gasteiger partial charge is 0.204 e. The zero-order valence-electron chi connectivity index (χ0n) is 8.04. The van der Waals surface area contributed by atoms with Crippen LogP contribution in [0.5, 0.6) is 0 Å². The van der Waals surface area contributed by atoms with Gasteiger partial charge in [-0.2, -0.15) is 0 Å². The Kier molecular flexibility index (Phi) is 2.90. The number of ketones is 1. The number of nitrogens with two attached hydrogens (primary N) is 1. The maximum atomic E-state index is 12.0. The van der Waals surface area contributed by atoms with E-state index in [1.54, 1.807) is 12.1 Å². The minimum Gasteiger partial charge on any atom is -0.452 e. The summed E-state index contributed by atoms with van der Waals surface area (Å²) in [5.74, 6) is -0.288. The van der Waals surface area contributed by atoms with E-state index in [4.69, 9.17) is 33.4 Å². The van der Waals surface area contributed by atoms with Gasteiger partial charge in [0.1, 0.15) is 0 Å². The molecule has 1 aromatic heterocycles. The molecule has 2 aromatic rings. The molecule has 0 saturated carbocycles. The van der Waals surface area contributed by atoms with Crippen LogP contribution in [-0.4, -0.2) is 5.78 Å². The van der Waals surface area contributed by atoms with Crippen molar-refractivity contribution >= 4 is 34.7 Å². The van der Waals surface area contributed by atoms with Crippen molar-refractivity contribution in [2.75, 3.05) is 5.73 Å². The van der Waals surface area contributed by atoms with Crippen molar-refractivity contribution in [3.05, 3.63) is 51.9 Å². The van der Waals surface area contributed by atoms with E-state index in [1.165, 1.54) is 18.4 Å². The normalized spacial score (nSPS) is 10.4. The van der Waals surface area contributed by atoms with Crippen LogP contribution in [0, 0.1) is 0 Å². The maximum absolute atomic E-state index is 12.0. The molecule has 1 aromatic carbocycles. The molecule has 0 radical (unpaired) electrons. The highest BCUT2D eigenvalue weighted by molar-refractivity contribution is 6.37. The van der Waals surface area contributed by atoms with E-state index in [9.17, 15) is 4.79 Å². The molecule has 0 aliphatic heterocycles. The largest absolute Gasteiger partial charge is 0.452 e. The Hall–Kier alpha value is -1.45. The quantitative estimate of drug-likeness (QED) is 0.661. The van der Waals surface area contributed by atoms with Crippen molar-refractivity contribution in [3.63, 3.8) is 0 Å². The second-order valence-corrected chi connectivity index (χ2v) is 3.93. The molecule has 0 unspecified atom stereocenters. The molecule has 0 saturated heterocycles. The van der Waals surface area contributed by atoms with Gasteiger partial charge in [0, 0.05) is 11.3 Å². The van der Waals surface area contributed by atoms with Gasteiger partial charge >= 0.3 is 0 Å². The summed E-state index contributed by atoms with van der Waals surface area (Å²) in [5.41, 5.74) is 6.67. The van der Waals surface area contributed by atoms with Crippen LogP contribution in [0.4, 0.5) is 5.69 Å². The number of anilines is 1. The summed E-state index contributed by atoms with van der Waals surface area (Å²) < 4.78 is 4.85. The number of halogens is 2. The average molecular weight is 256 g/mol. The molecule has 3 nitrogen and oxygen atoms in total. The third kappa shape index (κ3) is 1.92. The molecular formula is C11H7Cl2NO2. The Balaban J connectivity index is 2.46. The Labute approximate surface area is 102 Å². The van der Waals surface area contributed by atoms with E-state index in [0.717, 1.165) is 0 Å². The third-order valence-electron chi connectivity index (χ3n) is 2.10. The fourth-order valence-corrected chi connectivity index (χ4v) is 1.79. The molecule has 2 N–H and O–H groups in total. The van der Waals surface area contributed by atoms with Crippen LogP contribution < -0.4 is 5.73 Å². The second kappa shape index (κ2) is 4.20. The molecule has 0 spiro atoms. The number of nitrogen functional groups attached to an aromatic ring is 1. The van der Waals surface area contributed by atoms with E-state index in [1.807, 2.05) is 0 Å². The molecule has 82 valence electrons. The molecule has 0 fully saturated rings. The fourth-order valence-electron chi connectivity index (χ4n) is 1.32. The predicted octanol–water partition coefficient (Wildman–Crippen LogP) is 3.40. The monoisotopic (exact) mass is 255 g/mol. The SMILES string of the molecule is Nc1ccc(C(=O)c2ccoc2Cl)c(Cl)c1. The lowest BCUT2D eigenvalue weighted by Crippen LogP contribution is -2.01. The molecule has 0 atom stereocenters. The summed E-state index contributed by atoms with van der Waals surface area (Å²) in [6, 6.07) is 6.18. The molecular weight excluding hydrogens is 249 g/mol. The molecule has 5 heteroatoms. The predicted molar refractivity (Wildman–Crippen MR) is 63.0 cm³/mol. The van der Waals surface area contributed by atoms with Gasteiger partial charge < -0.3 is 10.2 Å². The van der Waals surface area contributed by atoms with Crippen LogP contribution in [0.3, 0.4) is 0 Å². The molecule has 0 aliphatic rings. The van der Waals surface area contributed by atoms with Crippen LogP contribution in [0.25, 0.3) is 0 Å². The van der Waals surface area contributed by atoms with Crippen LogP contribution in [0.1, 0.15) is 15.9 Å². The van der Waals surface area contributed by atoms with Gasteiger partial charge in [0.15, 0.2) is 5.78 Å². The zero-order valence-corrected chi connectivity index (χ0v) is 9.55. The van der Waals surface area contributed by atoms with Crippen molar-refractivity contribution in [2.24, 2.45) is 0 Å². The van der Waals surface area contributed by atoms with Gasteiger partial charge in [0.25, 0.3) is 0 Å². The van der Waals surface area contributed by atoms with Gasteiger partial charge in [-0.05, 0) is 35.9 Å². The highest BCUT2D eigenvalue weighted by Crippen LogP contribution is 2.25. The average Bonchev–Trinajstić information content (AvgIpc) is 2.63. The standard InChI is InChI=1S/C11H7Cl2NO2/c12-9-5-6(14)1-2-7(9)10(15)8-3-4-16-11(8)13/h1-5H,14H2. The highest BCUT2D eigenvalue weighted by atomic mass is 35.5. The molecule has 16 heavy (non-hydrogen) atoms. The van der Waals surface area contributed by atoms with Crippen molar-refractivity contribution in [1.82, 2.24) is 0 Å². The number of hydrogen-bond donors (Lipinski definition) is 1. The maximum Gasteiger partial charge on any atom is 0.204 e. The van der Waals surface area contributed by atoms with Crippen LogP contribution in [0.15, 0.2) is 34.9 Å². The summed E-state index contributed by atoms with van der Waals surface area (Å²) in [6.45, 7) is 0. The van der Waals surface area contributed by atoms with E-state index < -0.39 is 0 Å². The summed E-state index contributed by atoms with van der Waals surface area (Å²) in [4.78, 5) is 12.0. The Bertz CT molecular complexity index is 549. The number of carbonyl (C=O) groups excluding carboxylic acids is 1. The first kappa shape index (κ1) is 11.0. The number of hydrogen-bond acceptors (Lipinski definition) is 3. The lowest BCUT2D eigenvalue weighted by Gasteiger charge is -2.02. The van der Waals surface area contributed by atoms with Crippen LogP contribution in [0.2, 0.25) is 10.2 Å². The Morgan fingerprint density at radius 2 is 1.94 bits per heavy atom. The minimum atomic E-state index is -0.288. The molecule has 1 heterocycles. The van der Waals surface area contributed by atoms with Gasteiger partial charge in [-0.25, -0.2) is 0 Å². The zero-order chi connectivity index (χ0) is 11.7. The first-order valence-electron chi connectivity index (χ1n) is 4.42. The summed E-state index contributed by atoms with van der Waals surface area (Å²) >= 11 is 11.6. The van der Waals surface area contributed by atoms with Crippen molar-refractivity contribution in [2.45, 2.75) is 0 Å². The Morgan fingerprint density at radius 3 is 2.50 bits per heavy atom. The number of carbonyl (C=O) groups is 1. The number of benzene rings is 1. The summed E-state index contributed by atoms with van der Waals surface area (Å²) in [7, 11) is 0. The lowest BCUT2D eigenvalue weighted by molar-refractivity contribution is 0.103. The van der Waals surface area contributed by atoms with Crippen molar-refractivity contribution < 1.29 is 9.21 Å². The van der Waals surface area contributed by atoms with Gasteiger partial charge in [-0.15, -0.1) is 0 Å². The third-order valence-corrected chi connectivity index (χ3v) is 2.71. The molecule has 0 aliphatic carbocycles. The first-order chi connectivity index (χ1) is 7.59. The molecule has 0 amide bonds. The highest BCUT2D eigenvalue weighted by Gasteiger charge is 2.17. The van der Waals surface area contributed by atoms with Gasteiger partial charge in [-0.1, -0.05) is 11.6 Å². The second-order valence-electron chi connectivity index (χ2n) is 3.18. The topological polar surface area (TPSA) is 56.2 Å². The van der Waals surface area contributed by atoms with Gasteiger partial charge in [0.2, 0.25) is 5.22 Å². The van der Waals surface area contributed by atoms with Gasteiger partial charge in [-0.3, -0.25) is 4.79 Å². The molecule has 2 rings (SSSR count). The fraction of sp³-hybridized carbons (Fsp3) is 0. The summed E-state index contributed by atoms with van der Waals surface area (Å²) in [5, 5.41) is 0.347. The van der Waals surface area contributed by atoms with Crippen LogP contribution >= 0.6 is 23.2 Å². The van der Waals surface area contributed by atoms with E-state index >= 15 is 0 Å². The number of rotatable bonds is 2. The van der Waals surface area contributed by atoms with Crippen molar-refractivity contribution in [1.29, 1.82) is 0 Å². The summed E-state index contributed by atoms with van der Waals surface area (Å²) in [6.07, 6.45) is 1.35. The van der Waals surface area contributed by atoms with E-state index in [2.05, 4.69) is 0 Å². The van der Waals surface area contributed by atoms with E-state index in [0.29, 0.717) is 16.3 Å². The van der Waals surface area contributed by atoms with Gasteiger partial charge in [0.05, 0.1) is 16.8 Å². The number of furan rings is 1. The van der Waals surface area contributed by atoms with Crippen LogP contribution in [-0.2, 0) is 0 Å². The lowest BCUT2D eigenvalue weighted by atomic mass is 10.1. The molecule has 0 bridgehead atoms. The van der Waals surface area contributed by atoms with Crippen molar-refractivity contribution in [3.8, 4) is 0 Å². The first-order valence-corrected chi connectivity index (χ1v) is 5.18. The van der Waals surface area contributed by atoms with E-state index in [-0.39, 0.29) is 16.6 Å². The minimum absolute atomic E-state index is 0.0536. The Morgan fingerprint density at radius 1 is 1.19 bits per heavy atom.